The molecule has 1 aromatic carbocycles. The molecule has 1 fully saturated rings. The minimum absolute atomic E-state index is 0.223. The van der Waals surface area contributed by atoms with E-state index in [4.69, 9.17) is 9.47 Å². The molecule has 1 aliphatic heterocycles. The largest absolute Gasteiger partial charge is 0.493 e. The van der Waals surface area contributed by atoms with Crippen molar-refractivity contribution < 1.29 is 19.4 Å². The van der Waals surface area contributed by atoms with E-state index in [9.17, 15) is 9.90 Å². The molecule has 0 atom stereocenters. The average molecular weight is 361 g/mol. The minimum atomic E-state index is -0.960. The van der Waals surface area contributed by atoms with E-state index >= 15 is 0 Å². The number of nitrogens with zero attached hydrogens (tertiary/aromatic N) is 1. The normalized spacial score (nSPS) is 15.5. The van der Waals surface area contributed by atoms with E-state index in [0.29, 0.717) is 24.2 Å². The topological polar surface area (TPSA) is 68.7 Å². The molecule has 3 rings (SSSR count). The number of carboxylic acid groups (broad SMARTS) is 1. The first-order chi connectivity index (χ1) is 12.0. The van der Waals surface area contributed by atoms with Crippen molar-refractivity contribution >= 4 is 17.3 Å². The highest BCUT2D eigenvalue weighted by molar-refractivity contribution is 7.15. The van der Waals surface area contributed by atoms with Crippen molar-refractivity contribution in [1.29, 1.82) is 0 Å². The molecule has 2 heterocycles. The quantitative estimate of drug-likeness (QED) is 0.824. The molecule has 0 spiro atoms. The van der Waals surface area contributed by atoms with Gasteiger partial charge in [0.2, 0.25) is 0 Å². The Hall–Kier alpha value is -1.92. The molecule has 0 saturated carbocycles. The molecule has 1 aliphatic rings. The number of benzene rings is 1. The van der Waals surface area contributed by atoms with Gasteiger partial charge in [0.05, 0.1) is 12.2 Å². The second-order valence-electron chi connectivity index (χ2n) is 6.64. The first kappa shape index (κ1) is 17.9. The monoisotopic (exact) mass is 361 g/mol. The lowest BCUT2D eigenvalue weighted by atomic mass is 10.0. The highest BCUT2D eigenvalue weighted by Gasteiger charge is 2.16. The summed E-state index contributed by atoms with van der Waals surface area (Å²) in [6, 6.07) is 5.13. The van der Waals surface area contributed by atoms with Crippen molar-refractivity contribution in [3.8, 4) is 16.3 Å². The van der Waals surface area contributed by atoms with Gasteiger partial charge in [0, 0.05) is 29.9 Å². The molecule has 1 saturated heterocycles. The molecule has 0 amide bonds. The highest BCUT2D eigenvalue weighted by atomic mass is 32.1. The Labute approximate surface area is 151 Å². The summed E-state index contributed by atoms with van der Waals surface area (Å²) < 4.78 is 11.3. The molecule has 134 valence electrons. The molecule has 0 bridgehead atoms. The van der Waals surface area contributed by atoms with E-state index in [0.717, 1.165) is 36.6 Å². The standard InChI is InChI=1S/C19H23NO4S/c1-12(2)17-10-20-18(25-17)14-7-15(19(21)22)9-16(8-14)24-11-13-3-5-23-6-4-13/h7-10,12-13H,3-6,11H2,1-2H3,(H,21,22). The van der Waals surface area contributed by atoms with E-state index in [1.54, 1.807) is 23.5 Å². The first-order valence-corrected chi connectivity index (χ1v) is 9.39. The van der Waals surface area contributed by atoms with Gasteiger partial charge in [0.25, 0.3) is 0 Å². The Balaban J connectivity index is 1.82. The zero-order chi connectivity index (χ0) is 17.8. The van der Waals surface area contributed by atoms with Crippen LogP contribution in [0, 0.1) is 5.92 Å². The van der Waals surface area contributed by atoms with Gasteiger partial charge in [0.15, 0.2) is 0 Å². The van der Waals surface area contributed by atoms with E-state index in [1.165, 1.54) is 4.88 Å². The summed E-state index contributed by atoms with van der Waals surface area (Å²) in [7, 11) is 0. The van der Waals surface area contributed by atoms with Crippen molar-refractivity contribution in [2.24, 2.45) is 5.92 Å². The molecular weight excluding hydrogens is 338 g/mol. The fourth-order valence-electron chi connectivity index (χ4n) is 2.74. The maximum absolute atomic E-state index is 11.5. The molecule has 0 aliphatic carbocycles. The summed E-state index contributed by atoms with van der Waals surface area (Å²) in [6.45, 7) is 6.36. The van der Waals surface area contributed by atoms with Crippen molar-refractivity contribution in [2.75, 3.05) is 19.8 Å². The van der Waals surface area contributed by atoms with Crippen LogP contribution in [0.1, 0.15) is 47.8 Å². The molecule has 25 heavy (non-hydrogen) atoms. The Bertz CT molecular complexity index is 735. The fourth-order valence-corrected chi connectivity index (χ4v) is 3.65. The first-order valence-electron chi connectivity index (χ1n) is 8.58. The van der Waals surface area contributed by atoms with Crippen molar-refractivity contribution in [2.45, 2.75) is 32.6 Å². The van der Waals surface area contributed by atoms with Crippen LogP contribution < -0.4 is 4.74 Å². The third kappa shape index (κ3) is 4.58. The summed E-state index contributed by atoms with van der Waals surface area (Å²) in [6.07, 6.45) is 3.83. The number of hydrogen-bond donors (Lipinski definition) is 1. The lowest BCUT2D eigenvalue weighted by molar-refractivity contribution is 0.0497. The number of aromatic carboxylic acids is 1. The van der Waals surface area contributed by atoms with Gasteiger partial charge in [-0.25, -0.2) is 9.78 Å². The van der Waals surface area contributed by atoms with E-state index < -0.39 is 5.97 Å². The molecular formula is C19H23NO4S. The third-order valence-corrected chi connectivity index (χ3v) is 5.67. The van der Waals surface area contributed by atoms with Crippen molar-refractivity contribution in [3.05, 3.63) is 34.8 Å². The molecule has 1 aromatic heterocycles. The molecule has 6 heteroatoms. The van der Waals surface area contributed by atoms with Crippen LogP contribution in [0.25, 0.3) is 10.6 Å². The van der Waals surface area contributed by atoms with Crippen LogP contribution in [0.15, 0.2) is 24.4 Å². The van der Waals surface area contributed by atoms with Crippen LogP contribution in [0.2, 0.25) is 0 Å². The summed E-state index contributed by atoms with van der Waals surface area (Å²) in [4.78, 5) is 17.1. The second-order valence-corrected chi connectivity index (χ2v) is 7.70. The van der Waals surface area contributed by atoms with Crippen LogP contribution >= 0.6 is 11.3 Å². The maximum atomic E-state index is 11.5. The van der Waals surface area contributed by atoms with Gasteiger partial charge >= 0.3 is 5.97 Å². The zero-order valence-electron chi connectivity index (χ0n) is 14.5. The number of carbonyl (C=O) groups is 1. The van der Waals surface area contributed by atoms with Crippen LogP contribution in [0.5, 0.6) is 5.75 Å². The van der Waals surface area contributed by atoms with E-state index in [1.807, 2.05) is 12.3 Å². The Morgan fingerprint density at radius 3 is 2.76 bits per heavy atom. The maximum Gasteiger partial charge on any atom is 0.335 e. The number of ether oxygens (including phenoxy) is 2. The number of rotatable bonds is 6. The van der Waals surface area contributed by atoms with Crippen LogP contribution in [-0.4, -0.2) is 35.9 Å². The van der Waals surface area contributed by atoms with Crippen LogP contribution in [0.3, 0.4) is 0 Å². The van der Waals surface area contributed by atoms with Gasteiger partial charge in [-0.3, -0.25) is 0 Å². The summed E-state index contributed by atoms with van der Waals surface area (Å²) >= 11 is 1.59. The van der Waals surface area contributed by atoms with Crippen LogP contribution in [0.4, 0.5) is 0 Å². The van der Waals surface area contributed by atoms with Gasteiger partial charge in [-0.05, 0) is 42.9 Å². The summed E-state index contributed by atoms with van der Waals surface area (Å²) in [5, 5.41) is 10.2. The third-order valence-electron chi connectivity index (χ3n) is 4.32. The molecule has 1 N–H and O–H groups in total. The number of hydrogen-bond acceptors (Lipinski definition) is 5. The number of carboxylic acids is 1. The van der Waals surface area contributed by atoms with Crippen LogP contribution in [-0.2, 0) is 4.74 Å². The lowest BCUT2D eigenvalue weighted by Crippen LogP contribution is -2.21. The zero-order valence-corrected chi connectivity index (χ0v) is 15.3. The van der Waals surface area contributed by atoms with Gasteiger partial charge in [-0.2, -0.15) is 0 Å². The fraction of sp³-hybridized carbons (Fsp3) is 0.474. The lowest BCUT2D eigenvalue weighted by Gasteiger charge is -2.22. The smallest absolute Gasteiger partial charge is 0.335 e. The highest BCUT2D eigenvalue weighted by Crippen LogP contribution is 2.32. The SMILES string of the molecule is CC(C)c1cnc(-c2cc(OCC3CCOCC3)cc(C(=O)O)c2)s1. The number of aromatic nitrogens is 1. The summed E-state index contributed by atoms with van der Waals surface area (Å²) in [5.74, 6) is 0.484. The van der Waals surface area contributed by atoms with Gasteiger partial charge in [-0.15, -0.1) is 11.3 Å². The Morgan fingerprint density at radius 2 is 2.12 bits per heavy atom. The van der Waals surface area contributed by atoms with Gasteiger partial charge in [0.1, 0.15) is 10.8 Å². The number of thiazole rings is 1. The summed E-state index contributed by atoms with van der Waals surface area (Å²) in [5.41, 5.74) is 1.01. The van der Waals surface area contributed by atoms with Gasteiger partial charge in [-0.1, -0.05) is 13.8 Å². The van der Waals surface area contributed by atoms with Crippen molar-refractivity contribution in [1.82, 2.24) is 4.98 Å². The van der Waals surface area contributed by atoms with E-state index in [-0.39, 0.29) is 5.56 Å². The second kappa shape index (κ2) is 7.97. The average Bonchev–Trinajstić information content (AvgIpc) is 3.11. The minimum Gasteiger partial charge on any atom is -0.493 e. The molecule has 2 aromatic rings. The molecule has 0 radical (unpaired) electrons. The van der Waals surface area contributed by atoms with E-state index in [2.05, 4.69) is 18.8 Å². The predicted molar refractivity (Wildman–Crippen MR) is 97.6 cm³/mol. The van der Waals surface area contributed by atoms with Crippen molar-refractivity contribution in [3.63, 3.8) is 0 Å². The Kier molecular flexibility index (Phi) is 5.71. The Morgan fingerprint density at radius 1 is 1.36 bits per heavy atom. The molecule has 5 nitrogen and oxygen atoms in total. The van der Waals surface area contributed by atoms with Gasteiger partial charge < -0.3 is 14.6 Å². The predicted octanol–water partition coefficient (Wildman–Crippen LogP) is 4.44. The molecule has 0 unspecified atom stereocenters.